The van der Waals surface area contributed by atoms with E-state index in [9.17, 15) is 0 Å². The summed E-state index contributed by atoms with van der Waals surface area (Å²) in [6.45, 7) is 16.1. The fourth-order valence-electron chi connectivity index (χ4n) is 2.82. The molecule has 1 unspecified atom stereocenters. The second-order valence-electron chi connectivity index (χ2n) is 6.08. The first-order valence-electron chi connectivity index (χ1n) is 8.17. The highest BCUT2D eigenvalue weighted by Crippen LogP contribution is 2.22. The molecular weight excluding hydrogens is 262 g/mol. The van der Waals surface area contributed by atoms with Gasteiger partial charge in [-0.3, -0.25) is 4.90 Å². The summed E-state index contributed by atoms with van der Waals surface area (Å²) in [5.41, 5.74) is 0. The largest absolute Gasteiger partial charge is 0.370 e. The lowest BCUT2D eigenvalue weighted by Gasteiger charge is -2.40. The van der Waals surface area contributed by atoms with Crippen molar-refractivity contribution in [3.63, 3.8) is 0 Å². The lowest BCUT2D eigenvalue weighted by Crippen LogP contribution is -2.52. The van der Waals surface area contributed by atoms with Crippen LogP contribution in [0.3, 0.4) is 0 Å². The van der Waals surface area contributed by atoms with Crippen LogP contribution in [0.2, 0.25) is 0 Å². The minimum atomic E-state index is 0.344. The fraction of sp³-hybridized carbons (Fsp3) is 0.750. The van der Waals surface area contributed by atoms with E-state index in [1.54, 1.807) is 0 Å². The molecule has 1 aromatic heterocycles. The van der Waals surface area contributed by atoms with E-state index in [0.717, 1.165) is 50.2 Å². The van der Waals surface area contributed by atoms with Gasteiger partial charge in [-0.05, 0) is 20.4 Å². The van der Waals surface area contributed by atoms with Crippen LogP contribution in [0.4, 0.5) is 11.6 Å². The highest BCUT2D eigenvalue weighted by atomic mass is 15.3. The van der Waals surface area contributed by atoms with E-state index in [1.165, 1.54) is 0 Å². The third-order valence-corrected chi connectivity index (χ3v) is 4.10. The first-order valence-corrected chi connectivity index (χ1v) is 8.17. The van der Waals surface area contributed by atoms with Crippen LogP contribution in [0.5, 0.6) is 0 Å². The van der Waals surface area contributed by atoms with Crippen molar-refractivity contribution < 1.29 is 0 Å². The smallest absolute Gasteiger partial charge is 0.135 e. The summed E-state index contributed by atoms with van der Waals surface area (Å²) in [6.07, 6.45) is 0. The van der Waals surface area contributed by atoms with Gasteiger partial charge >= 0.3 is 0 Å². The summed E-state index contributed by atoms with van der Waals surface area (Å²) in [4.78, 5) is 14.3. The van der Waals surface area contributed by atoms with Crippen molar-refractivity contribution in [3.05, 3.63) is 11.9 Å². The maximum atomic E-state index is 4.78. The number of rotatable bonds is 5. The molecule has 0 spiro atoms. The van der Waals surface area contributed by atoms with Crippen molar-refractivity contribution in [1.29, 1.82) is 0 Å². The highest BCUT2D eigenvalue weighted by molar-refractivity contribution is 5.50. The number of piperazine rings is 1. The topological polar surface area (TPSA) is 44.3 Å². The van der Waals surface area contributed by atoms with Crippen LogP contribution in [0.25, 0.3) is 0 Å². The van der Waals surface area contributed by atoms with E-state index in [2.05, 4.69) is 60.8 Å². The molecule has 2 rings (SSSR count). The Labute approximate surface area is 128 Å². The van der Waals surface area contributed by atoms with Crippen molar-refractivity contribution in [3.8, 4) is 0 Å². The summed E-state index contributed by atoms with van der Waals surface area (Å²) in [5.74, 6) is 3.27. The molecule has 1 saturated heterocycles. The summed E-state index contributed by atoms with van der Waals surface area (Å²) < 4.78 is 0. The Morgan fingerprint density at radius 2 is 2.05 bits per heavy atom. The molecule has 118 valence electrons. The Kier molecular flexibility index (Phi) is 5.39. The van der Waals surface area contributed by atoms with E-state index in [0.29, 0.717) is 12.0 Å². The molecule has 1 atom stereocenters. The molecule has 0 amide bonds. The van der Waals surface area contributed by atoms with Gasteiger partial charge in [-0.2, -0.15) is 0 Å². The maximum absolute atomic E-state index is 4.78. The first kappa shape index (κ1) is 16.0. The monoisotopic (exact) mass is 291 g/mol. The highest BCUT2D eigenvalue weighted by Gasteiger charge is 2.24. The number of hydrogen-bond acceptors (Lipinski definition) is 5. The van der Waals surface area contributed by atoms with Crippen LogP contribution in [0.15, 0.2) is 6.07 Å². The molecule has 0 aromatic carbocycles. The van der Waals surface area contributed by atoms with Gasteiger partial charge in [0.15, 0.2) is 0 Å². The van der Waals surface area contributed by atoms with Gasteiger partial charge in [0.2, 0.25) is 0 Å². The number of anilines is 2. The predicted molar refractivity (Wildman–Crippen MR) is 89.2 cm³/mol. The van der Waals surface area contributed by atoms with Gasteiger partial charge in [0.25, 0.3) is 0 Å². The molecule has 1 aliphatic heterocycles. The second kappa shape index (κ2) is 7.07. The quantitative estimate of drug-likeness (QED) is 0.903. The third-order valence-electron chi connectivity index (χ3n) is 4.10. The first-order chi connectivity index (χ1) is 10.0. The van der Waals surface area contributed by atoms with Gasteiger partial charge in [0, 0.05) is 44.2 Å². The van der Waals surface area contributed by atoms with Crippen molar-refractivity contribution in [1.82, 2.24) is 14.9 Å². The number of hydrogen-bond donors (Lipinski definition) is 1. The van der Waals surface area contributed by atoms with E-state index in [4.69, 9.17) is 4.98 Å². The van der Waals surface area contributed by atoms with E-state index in [-0.39, 0.29) is 0 Å². The fourth-order valence-corrected chi connectivity index (χ4v) is 2.82. The van der Waals surface area contributed by atoms with E-state index >= 15 is 0 Å². The second-order valence-corrected chi connectivity index (χ2v) is 6.08. The molecular formula is C16H29N5. The standard InChI is InChI=1S/C16H29N5/c1-6-17-14-10-15(19-16(18-14)12(3)4)21-9-8-20(7-2)13(5)11-21/h10,12-13H,6-9,11H2,1-5H3,(H,17,18,19). The number of nitrogens with zero attached hydrogens (tertiary/aromatic N) is 4. The number of likely N-dealkylation sites (N-methyl/N-ethyl adjacent to an activating group) is 1. The van der Waals surface area contributed by atoms with Gasteiger partial charge in [-0.15, -0.1) is 0 Å². The Morgan fingerprint density at radius 3 is 2.62 bits per heavy atom. The van der Waals surface area contributed by atoms with Gasteiger partial charge in [0.1, 0.15) is 17.5 Å². The van der Waals surface area contributed by atoms with Gasteiger partial charge in [-0.1, -0.05) is 20.8 Å². The van der Waals surface area contributed by atoms with Crippen molar-refractivity contribution in [2.24, 2.45) is 0 Å². The number of aromatic nitrogens is 2. The molecule has 5 nitrogen and oxygen atoms in total. The van der Waals surface area contributed by atoms with Gasteiger partial charge in [0.05, 0.1) is 0 Å². The number of nitrogens with one attached hydrogen (secondary N) is 1. The Bertz CT molecular complexity index is 460. The Morgan fingerprint density at radius 1 is 1.29 bits per heavy atom. The van der Waals surface area contributed by atoms with Crippen molar-refractivity contribution in [2.75, 3.05) is 42.9 Å². The zero-order valence-electron chi connectivity index (χ0n) is 14.1. The van der Waals surface area contributed by atoms with Crippen LogP contribution in [-0.2, 0) is 0 Å². The van der Waals surface area contributed by atoms with Crippen LogP contribution in [-0.4, -0.2) is 53.6 Å². The lowest BCUT2D eigenvalue weighted by atomic mass is 10.2. The van der Waals surface area contributed by atoms with Crippen LogP contribution in [0, 0.1) is 0 Å². The zero-order valence-corrected chi connectivity index (χ0v) is 14.1. The molecule has 5 heteroatoms. The summed E-state index contributed by atoms with van der Waals surface area (Å²) >= 11 is 0. The van der Waals surface area contributed by atoms with Gasteiger partial charge in [-0.25, -0.2) is 9.97 Å². The molecule has 0 saturated carbocycles. The maximum Gasteiger partial charge on any atom is 0.135 e. The normalized spacial score (nSPS) is 20.1. The zero-order chi connectivity index (χ0) is 15.4. The predicted octanol–water partition coefficient (Wildman–Crippen LogP) is 2.56. The van der Waals surface area contributed by atoms with E-state index < -0.39 is 0 Å². The minimum Gasteiger partial charge on any atom is -0.370 e. The molecule has 0 aliphatic carbocycles. The molecule has 1 fully saturated rings. The Balaban J connectivity index is 2.22. The van der Waals surface area contributed by atoms with Crippen molar-refractivity contribution >= 4 is 11.6 Å². The SMILES string of the molecule is CCNc1cc(N2CCN(CC)C(C)C2)nc(C(C)C)n1. The molecule has 0 bridgehead atoms. The molecule has 2 heterocycles. The third kappa shape index (κ3) is 3.84. The summed E-state index contributed by atoms with van der Waals surface area (Å²) in [6, 6.07) is 2.66. The van der Waals surface area contributed by atoms with Crippen LogP contribution in [0.1, 0.15) is 46.4 Å². The molecule has 21 heavy (non-hydrogen) atoms. The van der Waals surface area contributed by atoms with E-state index in [1.807, 2.05) is 0 Å². The van der Waals surface area contributed by atoms with Crippen LogP contribution >= 0.6 is 0 Å². The molecule has 1 N–H and O–H groups in total. The summed E-state index contributed by atoms with van der Waals surface area (Å²) in [7, 11) is 0. The van der Waals surface area contributed by atoms with Gasteiger partial charge < -0.3 is 10.2 Å². The van der Waals surface area contributed by atoms with Crippen molar-refractivity contribution in [2.45, 2.75) is 46.6 Å². The Hall–Kier alpha value is -1.36. The average molecular weight is 291 g/mol. The molecule has 1 aromatic rings. The van der Waals surface area contributed by atoms with Crippen LogP contribution < -0.4 is 10.2 Å². The minimum absolute atomic E-state index is 0.344. The molecule has 1 aliphatic rings. The average Bonchev–Trinajstić information content (AvgIpc) is 2.47. The molecule has 0 radical (unpaired) electrons. The summed E-state index contributed by atoms with van der Waals surface area (Å²) in [5, 5.41) is 3.33. The lowest BCUT2D eigenvalue weighted by molar-refractivity contribution is 0.199.